The summed E-state index contributed by atoms with van der Waals surface area (Å²) >= 11 is 0. The molecule has 0 saturated heterocycles. The number of aromatic nitrogens is 4. The van der Waals surface area contributed by atoms with Gasteiger partial charge in [-0.3, -0.25) is 5.10 Å². The molecule has 2 aromatic carbocycles. The standard InChI is InChI=1S/C17H17N5O2/c1-23-12-5-3-11(4-6-12)10-18-16-20-17-19-14-9-13(24-2)7-8-15(14)22(17)21-16/h3-9H,10H2,1-2H3,(H2,18,19,20,21). The molecule has 0 radical (unpaired) electrons. The third-order valence-electron chi connectivity index (χ3n) is 3.89. The summed E-state index contributed by atoms with van der Waals surface area (Å²) in [5.41, 5.74) is 2.94. The van der Waals surface area contributed by atoms with Gasteiger partial charge >= 0.3 is 0 Å². The van der Waals surface area contributed by atoms with Crippen molar-refractivity contribution in [3.8, 4) is 11.5 Å². The fraction of sp³-hybridized carbons (Fsp3) is 0.176. The van der Waals surface area contributed by atoms with E-state index in [9.17, 15) is 0 Å². The summed E-state index contributed by atoms with van der Waals surface area (Å²) in [5.74, 6) is 2.92. The molecule has 0 aliphatic carbocycles. The van der Waals surface area contributed by atoms with E-state index in [0.29, 0.717) is 18.3 Å². The van der Waals surface area contributed by atoms with Crippen LogP contribution in [0.1, 0.15) is 5.56 Å². The lowest BCUT2D eigenvalue weighted by atomic mass is 10.2. The average Bonchev–Trinajstić information content (AvgIpc) is 3.17. The van der Waals surface area contributed by atoms with E-state index in [1.165, 1.54) is 0 Å². The van der Waals surface area contributed by atoms with Crippen LogP contribution in [0.5, 0.6) is 11.5 Å². The molecular weight excluding hydrogens is 306 g/mol. The number of benzene rings is 2. The van der Waals surface area contributed by atoms with Crippen molar-refractivity contribution in [2.75, 3.05) is 19.5 Å². The molecule has 2 heterocycles. The first kappa shape index (κ1) is 14.4. The van der Waals surface area contributed by atoms with Crippen LogP contribution in [0.2, 0.25) is 0 Å². The van der Waals surface area contributed by atoms with Gasteiger partial charge in [0.05, 0.1) is 25.3 Å². The molecule has 0 aliphatic rings. The van der Waals surface area contributed by atoms with Gasteiger partial charge in [-0.1, -0.05) is 12.1 Å². The van der Waals surface area contributed by atoms with Gasteiger partial charge in [0.1, 0.15) is 11.5 Å². The Morgan fingerprint density at radius 3 is 2.50 bits per heavy atom. The first-order chi connectivity index (χ1) is 11.8. The lowest BCUT2D eigenvalue weighted by Gasteiger charge is -2.04. The van der Waals surface area contributed by atoms with Crippen molar-refractivity contribution in [2.45, 2.75) is 6.54 Å². The SMILES string of the molecule is COc1ccc(CNc2nc3nc4cc(OC)ccc4n3[nH]2)cc1. The molecule has 4 aromatic rings. The van der Waals surface area contributed by atoms with Gasteiger partial charge in [-0.2, -0.15) is 4.98 Å². The minimum Gasteiger partial charge on any atom is -0.497 e. The molecule has 0 saturated carbocycles. The molecular formula is C17H17N5O2. The van der Waals surface area contributed by atoms with Crippen molar-refractivity contribution in [2.24, 2.45) is 0 Å². The minimum atomic E-state index is 0.621. The van der Waals surface area contributed by atoms with E-state index in [1.807, 2.05) is 47.0 Å². The van der Waals surface area contributed by atoms with Crippen LogP contribution in [0.15, 0.2) is 42.5 Å². The van der Waals surface area contributed by atoms with E-state index >= 15 is 0 Å². The number of H-pyrrole nitrogens is 1. The van der Waals surface area contributed by atoms with Gasteiger partial charge in [-0.15, -0.1) is 0 Å². The summed E-state index contributed by atoms with van der Waals surface area (Å²) in [5, 5.41) is 6.48. The van der Waals surface area contributed by atoms with Crippen molar-refractivity contribution in [3.05, 3.63) is 48.0 Å². The Morgan fingerprint density at radius 1 is 1.00 bits per heavy atom. The summed E-state index contributed by atoms with van der Waals surface area (Å²) in [7, 11) is 3.30. The van der Waals surface area contributed by atoms with E-state index in [-0.39, 0.29) is 0 Å². The van der Waals surface area contributed by atoms with Crippen molar-refractivity contribution in [1.29, 1.82) is 0 Å². The lowest BCUT2D eigenvalue weighted by molar-refractivity contribution is 0.414. The van der Waals surface area contributed by atoms with Crippen LogP contribution in [-0.4, -0.2) is 33.8 Å². The number of anilines is 1. The van der Waals surface area contributed by atoms with E-state index in [1.54, 1.807) is 14.2 Å². The number of methoxy groups -OCH3 is 2. The van der Waals surface area contributed by atoms with Gasteiger partial charge in [-0.25, -0.2) is 9.50 Å². The second kappa shape index (κ2) is 5.77. The number of imidazole rings is 1. The maximum absolute atomic E-state index is 5.22. The van der Waals surface area contributed by atoms with Crippen LogP contribution in [0.3, 0.4) is 0 Å². The van der Waals surface area contributed by atoms with Crippen LogP contribution < -0.4 is 14.8 Å². The minimum absolute atomic E-state index is 0.621. The topological polar surface area (TPSA) is 76.5 Å². The Balaban J connectivity index is 1.56. The first-order valence-corrected chi connectivity index (χ1v) is 7.56. The quantitative estimate of drug-likeness (QED) is 0.590. The van der Waals surface area contributed by atoms with Crippen LogP contribution >= 0.6 is 0 Å². The average molecular weight is 323 g/mol. The Labute approximate surface area is 138 Å². The van der Waals surface area contributed by atoms with E-state index in [4.69, 9.17) is 9.47 Å². The highest BCUT2D eigenvalue weighted by Crippen LogP contribution is 2.21. The summed E-state index contributed by atoms with van der Waals surface area (Å²) in [6.45, 7) is 0.659. The molecule has 24 heavy (non-hydrogen) atoms. The number of ether oxygens (including phenoxy) is 2. The van der Waals surface area contributed by atoms with Gasteiger partial charge in [-0.05, 0) is 29.8 Å². The van der Waals surface area contributed by atoms with Crippen LogP contribution in [-0.2, 0) is 6.54 Å². The zero-order valence-electron chi connectivity index (χ0n) is 13.4. The van der Waals surface area contributed by atoms with Crippen LogP contribution in [0, 0.1) is 0 Å². The highest BCUT2D eigenvalue weighted by molar-refractivity contribution is 5.80. The van der Waals surface area contributed by atoms with E-state index < -0.39 is 0 Å². The third-order valence-corrected chi connectivity index (χ3v) is 3.89. The largest absolute Gasteiger partial charge is 0.497 e. The molecule has 7 nitrogen and oxygen atoms in total. The van der Waals surface area contributed by atoms with E-state index in [0.717, 1.165) is 28.1 Å². The molecule has 0 aliphatic heterocycles. The van der Waals surface area contributed by atoms with Crippen LogP contribution in [0.4, 0.5) is 5.95 Å². The maximum Gasteiger partial charge on any atom is 0.253 e. The van der Waals surface area contributed by atoms with E-state index in [2.05, 4.69) is 20.4 Å². The molecule has 4 rings (SSSR count). The van der Waals surface area contributed by atoms with Crippen molar-refractivity contribution in [3.63, 3.8) is 0 Å². The van der Waals surface area contributed by atoms with Crippen molar-refractivity contribution < 1.29 is 9.47 Å². The Morgan fingerprint density at radius 2 is 1.75 bits per heavy atom. The van der Waals surface area contributed by atoms with Gasteiger partial charge in [0.25, 0.3) is 5.78 Å². The molecule has 2 aromatic heterocycles. The van der Waals surface area contributed by atoms with Crippen molar-refractivity contribution in [1.82, 2.24) is 19.6 Å². The molecule has 0 atom stereocenters. The maximum atomic E-state index is 5.22. The number of nitrogens with one attached hydrogen (secondary N) is 2. The molecule has 0 fully saturated rings. The summed E-state index contributed by atoms with van der Waals surface area (Å²) in [6.07, 6.45) is 0. The lowest BCUT2D eigenvalue weighted by Crippen LogP contribution is -2.01. The summed E-state index contributed by atoms with van der Waals surface area (Å²) in [4.78, 5) is 8.98. The van der Waals surface area contributed by atoms with Gasteiger partial charge in [0, 0.05) is 12.6 Å². The fourth-order valence-corrected chi connectivity index (χ4v) is 2.60. The van der Waals surface area contributed by atoms with Gasteiger partial charge in [0.15, 0.2) is 0 Å². The zero-order chi connectivity index (χ0) is 16.5. The highest BCUT2D eigenvalue weighted by Gasteiger charge is 2.10. The second-order valence-corrected chi connectivity index (χ2v) is 5.38. The first-order valence-electron chi connectivity index (χ1n) is 7.56. The molecule has 7 heteroatoms. The molecule has 0 spiro atoms. The third kappa shape index (κ3) is 2.50. The summed E-state index contributed by atoms with van der Waals surface area (Å²) < 4.78 is 12.2. The summed E-state index contributed by atoms with van der Waals surface area (Å²) in [6, 6.07) is 13.7. The number of hydrogen-bond acceptors (Lipinski definition) is 5. The normalized spacial score (nSPS) is 11.1. The molecule has 0 bridgehead atoms. The Bertz CT molecular complexity index is 987. The Hall–Kier alpha value is -3.22. The highest BCUT2D eigenvalue weighted by atomic mass is 16.5. The predicted molar refractivity (Wildman–Crippen MR) is 91.7 cm³/mol. The fourth-order valence-electron chi connectivity index (χ4n) is 2.60. The number of rotatable bonds is 5. The second-order valence-electron chi connectivity index (χ2n) is 5.38. The number of nitrogens with zero attached hydrogens (tertiary/aromatic N) is 3. The molecule has 122 valence electrons. The van der Waals surface area contributed by atoms with Crippen LogP contribution in [0.25, 0.3) is 16.8 Å². The number of fused-ring (bicyclic) bond motifs is 3. The predicted octanol–water partition coefficient (Wildman–Crippen LogP) is 2.84. The Kier molecular flexibility index (Phi) is 3.45. The zero-order valence-corrected chi connectivity index (χ0v) is 13.4. The molecule has 2 N–H and O–H groups in total. The number of aromatic amines is 1. The van der Waals surface area contributed by atoms with Crippen molar-refractivity contribution >= 4 is 22.8 Å². The van der Waals surface area contributed by atoms with Gasteiger partial charge < -0.3 is 14.8 Å². The molecule has 0 amide bonds. The monoisotopic (exact) mass is 323 g/mol. The number of hydrogen-bond donors (Lipinski definition) is 2. The smallest absolute Gasteiger partial charge is 0.253 e. The van der Waals surface area contributed by atoms with Gasteiger partial charge in [0.2, 0.25) is 5.95 Å². The molecule has 0 unspecified atom stereocenters.